The number of alkyl carbamates (subject to hydrolysis) is 1. The highest BCUT2D eigenvalue weighted by atomic mass is 35.8. The first kappa shape index (κ1) is 19.4. The standard InChI is InChI=1S/C12H24Cl3NO2Si/c1-2-3-4-5-6-7-9-16-12(17)18-10-8-11-19(13,14)15/h2-11H2,1H3,(H,16,17). The fraction of sp³-hybridized carbons (Fsp3) is 0.917. The molecule has 0 rings (SSSR count). The molecule has 0 radical (unpaired) electrons. The Hall–Kier alpha value is 0.357. The first-order chi connectivity index (χ1) is 8.95. The minimum atomic E-state index is -2.57. The SMILES string of the molecule is CCCCCCCCNC(=O)OCCC[Si](Cl)(Cl)Cl. The van der Waals surface area contributed by atoms with Crippen LogP contribution < -0.4 is 5.32 Å². The quantitative estimate of drug-likeness (QED) is 0.320. The molecule has 0 heterocycles. The number of amides is 1. The van der Waals surface area contributed by atoms with Crippen LogP contribution in [-0.2, 0) is 4.74 Å². The number of unbranched alkanes of at least 4 members (excludes halogenated alkanes) is 5. The van der Waals surface area contributed by atoms with E-state index in [9.17, 15) is 4.79 Å². The molecule has 114 valence electrons. The van der Waals surface area contributed by atoms with Crippen molar-refractivity contribution in [1.82, 2.24) is 5.32 Å². The van der Waals surface area contributed by atoms with Crippen LogP contribution in [0.1, 0.15) is 51.9 Å². The molecule has 7 heteroatoms. The first-order valence-corrected chi connectivity index (χ1v) is 12.2. The molecule has 0 atom stereocenters. The Morgan fingerprint density at radius 2 is 1.68 bits per heavy atom. The van der Waals surface area contributed by atoms with E-state index in [1.54, 1.807) is 0 Å². The van der Waals surface area contributed by atoms with Crippen LogP contribution in [0.4, 0.5) is 4.79 Å². The van der Waals surface area contributed by atoms with Gasteiger partial charge in [-0.3, -0.25) is 0 Å². The zero-order valence-corrected chi connectivity index (χ0v) is 14.8. The van der Waals surface area contributed by atoms with E-state index >= 15 is 0 Å². The van der Waals surface area contributed by atoms with Crippen molar-refractivity contribution in [1.29, 1.82) is 0 Å². The predicted molar refractivity (Wildman–Crippen MR) is 85.5 cm³/mol. The van der Waals surface area contributed by atoms with Crippen LogP contribution in [0, 0.1) is 0 Å². The van der Waals surface area contributed by atoms with Gasteiger partial charge in [-0.25, -0.2) is 4.79 Å². The molecule has 0 aliphatic heterocycles. The molecule has 1 amide bonds. The maximum Gasteiger partial charge on any atom is 0.407 e. The van der Waals surface area contributed by atoms with E-state index < -0.39 is 6.00 Å². The van der Waals surface area contributed by atoms with Gasteiger partial charge in [0.2, 0.25) is 0 Å². The van der Waals surface area contributed by atoms with Gasteiger partial charge in [-0.2, -0.15) is 0 Å². The van der Waals surface area contributed by atoms with Gasteiger partial charge in [0, 0.05) is 6.54 Å². The Balaban J connectivity index is 3.26. The lowest BCUT2D eigenvalue weighted by molar-refractivity contribution is 0.146. The van der Waals surface area contributed by atoms with Crippen molar-refractivity contribution in [2.24, 2.45) is 0 Å². The summed E-state index contributed by atoms with van der Waals surface area (Å²) in [5.41, 5.74) is 0. The maximum absolute atomic E-state index is 11.3. The lowest BCUT2D eigenvalue weighted by Gasteiger charge is -2.09. The third-order valence-electron chi connectivity index (χ3n) is 2.64. The van der Waals surface area contributed by atoms with Crippen molar-refractivity contribution in [3.05, 3.63) is 0 Å². The van der Waals surface area contributed by atoms with Gasteiger partial charge < -0.3 is 10.1 Å². The number of carbonyl (C=O) groups is 1. The number of halogens is 3. The van der Waals surface area contributed by atoms with Crippen LogP contribution in [0.25, 0.3) is 0 Å². The second-order valence-electron chi connectivity index (χ2n) is 4.55. The lowest BCUT2D eigenvalue weighted by atomic mass is 10.1. The van der Waals surface area contributed by atoms with Crippen molar-refractivity contribution in [2.45, 2.75) is 57.9 Å². The molecule has 0 saturated carbocycles. The number of hydrogen-bond acceptors (Lipinski definition) is 2. The predicted octanol–water partition coefficient (Wildman–Crippen LogP) is 5.12. The van der Waals surface area contributed by atoms with E-state index in [1.807, 2.05) is 0 Å². The molecule has 0 aromatic carbocycles. The first-order valence-electron chi connectivity index (χ1n) is 6.93. The molecular formula is C12H24Cl3NO2Si. The molecule has 0 saturated heterocycles. The maximum atomic E-state index is 11.3. The van der Waals surface area contributed by atoms with E-state index in [0.29, 0.717) is 25.6 Å². The highest BCUT2D eigenvalue weighted by molar-refractivity contribution is 7.64. The zero-order chi connectivity index (χ0) is 14.6. The smallest absolute Gasteiger partial charge is 0.407 e. The Labute approximate surface area is 131 Å². The summed E-state index contributed by atoms with van der Waals surface area (Å²) in [6.45, 7) is 3.18. The van der Waals surface area contributed by atoms with Crippen molar-refractivity contribution in [2.75, 3.05) is 13.2 Å². The summed E-state index contributed by atoms with van der Waals surface area (Å²) in [5.74, 6) is 0. The monoisotopic (exact) mass is 347 g/mol. The molecule has 3 nitrogen and oxygen atoms in total. The summed E-state index contributed by atoms with van der Waals surface area (Å²) in [6, 6.07) is -2.06. The van der Waals surface area contributed by atoms with Crippen LogP contribution in [0.15, 0.2) is 0 Å². The van der Waals surface area contributed by atoms with Crippen LogP contribution in [0.3, 0.4) is 0 Å². The van der Waals surface area contributed by atoms with Gasteiger partial charge in [-0.05, 0) is 18.9 Å². The summed E-state index contributed by atoms with van der Waals surface area (Å²) in [4.78, 5) is 11.3. The van der Waals surface area contributed by atoms with Gasteiger partial charge >= 0.3 is 12.1 Å². The summed E-state index contributed by atoms with van der Waals surface area (Å²) in [6.07, 6.45) is 7.44. The second kappa shape index (κ2) is 12.1. The number of rotatable bonds is 11. The number of hydrogen-bond donors (Lipinski definition) is 1. The van der Waals surface area contributed by atoms with Crippen LogP contribution in [0.2, 0.25) is 6.04 Å². The molecule has 0 aromatic rings. The number of ether oxygens (including phenoxy) is 1. The third-order valence-corrected chi connectivity index (χ3v) is 5.26. The summed E-state index contributed by atoms with van der Waals surface area (Å²) in [7, 11) is 0. The summed E-state index contributed by atoms with van der Waals surface area (Å²) < 4.78 is 4.98. The molecular weight excluding hydrogens is 325 g/mol. The van der Waals surface area contributed by atoms with Crippen LogP contribution in [0.5, 0.6) is 0 Å². The van der Waals surface area contributed by atoms with Crippen molar-refractivity contribution < 1.29 is 9.53 Å². The number of nitrogens with one attached hydrogen (secondary N) is 1. The summed E-state index contributed by atoms with van der Waals surface area (Å²) in [5, 5.41) is 2.72. The molecule has 0 bridgehead atoms. The van der Waals surface area contributed by atoms with Crippen molar-refractivity contribution in [3.63, 3.8) is 0 Å². The molecule has 0 aliphatic carbocycles. The average molecular weight is 349 g/mol. The lowest BCUT2D eigenvalue weighted by Crippen LogP contribution is -2.26. The van der Waals surface area contributed by atoms with Gasteiger partial charge in [0.15, 0.2) is 0 Å². The third kappa shape index (κ3) is 16.3. The fourth-order valence-electron chi connectivity index (χ4n) is 1.58. The largest absolute Gasteiger partial charge is 0.450 e. The minimum Gasteiger partial charge on any atom is -0.450 e. The van der Waals surface area contributed by atoms with Gasteiger partial charge in [-0.1, -0.05) is 39.0 Å². The molecule has 0 unspecified atom stereocenters. The van der Waals surface area contributed by atoms with E-state index in [-0.39, 0.29) is 6.09 Å². The van der Waals surface area contributed by atoms with Crippen LogP contribution in [-0.4, -0.2) is 25.2 Å². The molecule has 0 fully saturated rings. The zero-order valence-electron chi connectivity index (χ0n) is 11.5. The van der Waals surface area contributed by atoms with E-state index in [2.05, 4.69) is 12.2 Å². The van der Waals surface area contributed by atoms with E-state index in [1.165, 1.54) is 25.7 Å². The highest BCUT2D eigenvalue weighted by Gasteiger charge is 2.23. The Morgan fingerprint density at radius 3 is 2.32 bits per heavy atom. The molecule has 0 spiro atoms. The second-order valence-corrected chi connectivity index (χ2v) is 13.8. The van der Waals surface area contributed by atoms with Crippen LogP contribution >= 0.6 is 33.2 Å². The minimum absolute atomic E-state index is 0.309. The normalized spacial score (nSPS) is 11.4. The van der Waals surface area contributed by atoms with E-state index in [4.69, 9.17) is 38.0 Å². The molecule has 19 heavy (non-hydrogen) atoms. The Bertz CT molecular complexity index is 238. The Morgan fingerprint density at radius 1 is 1.05 bits per heavy atom. The highest BCUT2D eigenvalue weighted by Crippen LogP contribution is 2.26. The molecule has 1 N–H and O–H groups in total. The summed E-state index contributed by atoms with van der Waals surface area (Å²) >= 11 is 17.1. The fourth-order valence-corrected chi connectivity index (χ4v) is 3.33. The van der Waals surface area contributed by atoms with Gasteiger partial charge in [0.1, 0.15) is 0 Å². The van der Waals surface area contributed by atoms with Gasteiger partial charge in [-0.15, -0.1) is 33.2 Å². The molecule has 0 aliphatic rings. The van der Waals surface area contributed by atoms with Crippen molar-refractivity contribution in [3.8, 4) is 0 Å². The van der Waals surface area contributed by atoms with E-state index in [0.717, 1.165) is 12.8 Å². The van der Waals surface area contributed by atoms with Gasteiger partial charge in [0.05, 0.1) is 6.61 Å². The molecule has 0 aromatic heterocycles. The Kier molecular flexibility index (Phi) is 12.4. The topological polar surface area (TPSA) is 38.3 Å². The number of carbonyl (C=O) groups excluding carboxylic acids is 1. The van der Waals surface area contributed by atoms with Crippen molar-refractivity contribution >= 4 is 45.3 Å². The average Bonchev–Trinajstić information content (AvgIpc) is 2.32. The van der Waals surface area contributed by atoms with Gasteiger partial charge in [0.25, 0.3) is 0 Å².